The molecule has 0 aliphatic rings. The number of para-hydroxylation sites is 1. The molecule has 0 aromatic heterocycles. The number of amides is 2. The molecule has 0 saturated heterocycles. The second-order valence-electron chi connectivity index (χ2n) is 5.91. The normalized spacial score (nSPS) is 10.0. The van der Waals surface area contributed by atoms with E-state index in [1.807, 2.05) is 30.3 Å². The average Bonchev–Trinajstić information content (AvgIpc) is 2.76. The number of hydrogen-bond acceptors (Lipinski definition) is 4. The van der Waals surface area contributed by atoms with Crippen molar-refractivity contribution in [2.75, 3.05) is 7.11 Å². The van der Waals surface area contributed by atoms with Gasteiger partial charge >= 0.3 is 0 Å². The van der Waals surface area contributed by atoms with Crippen LogP contribution in [-0.4, -0.2) is 18.9 Å². The Morgan fingerprint density at radius 2 is 1.43 bits per heavy atom. The summed E-state index contributed by atoms with van der Waals surface area (Å²) in [5, 5.41) is 0. The summed E-state index contributed by atoms with van der Waals surface area (Å²) < 4.78 is 10.8. The molecule has 0 heterocycles. The van der Waals surface area contributed by atoms with Gasteiger partial charge in [0.2, 0.25) is 0 Å². The summed E-state index contributed by atoms with van der Waals surface area (Å²) in [5.74, 6) is 0.178. The molecule has 6 nitrogen and oxygen atoms in total. The van der Waals surface area contributed by atoms with Crippen LogP contribution in [0.15, 0.2) is 78.9 Å². The van der Waals surface area contributed by atoms with E-state index in [1.165, 1.54) is 0 Å². The van der Waals surface area contributed by atoms with Crippen molar-refractivity contribution in [3.05, 3.63) is 95.6 Å². The highest BCUT2D eigenvalue weighted by Gasteiger charge is 2.14. The predicted molar refractivity (Wildman–Crippen MR) is 105 cm³/mol. The number of ether oxygens (including phenoxy) is 2. The minimum Gasteiger partial charge on any atom is -0.497 e. The Morgan fingerprint density at radius 3 is 2.14 bits per heavy atom. The smallest absolute Gasteiger partial charge is 0.273 e. The first-order chi connectivity index (χ1) is 13.7. The lowest BCUT2D eigenvalue weighted by Gasteiger charge is -2.12. The first-order valence-electron chi connectivity index (χ1n) is 8.68. The summed E-state index contributed by atoms with van der Waals surface area (Å²) in [6.07, 6.45) is 0. The molecule has 0 fully saturated rings. The molecule has 28 heavy (non-hydrogen) atoms. The fraction of sp³-hybridized carbons (Fsp3) is 0.0909. The lowest BCUT2D eigenvalue weighted by atomic mass is 10.2. The fourth-order valence-electron chi connectivity index (χ4n) is 2.51. The standard InChI is InChI=1S/C22H20N2O4/c1-27-18-13-11-17(12-14-18)21(25)23-24-22(26)19-9-5-6-10-20(19)28-15-16-7-3-2-4-8-16/h2-14H,15H2,1H3,(H,23,25)(H,24,26). The average molecular weight is 376 g/mol. The van der Waals surface area contributed by atoms with Crippen LogP contribution in [0.4, 0.5) is 0 Å². The third-order valence-corrected chi connectivity index (χ3v) is 4.01. The Bertz CT molecular complexity index is 940. The topological polar surface area (TPSA) is 76.7 Å². The number of nitrogens with one attached hydrogen (secondary N) is 2. The van der Waals surface area contributed by atoms with Gasteiger partial charge in [-0.1, -0.05) is 42.5 Å². The molecule has 3 rings (SSSR count). The van der Waals surface area contributed by atoms with Crippen LogP contribution in [0.1, 0.15) is 26.3 Å². The summed E-state index contributed by atoms with van der Waals surface area (Å²) in [6.45, 7) is 0.337. The SMILES string of the molecule is COc1ccc(C(=O)NNC(=O)c2ccccc2OCc2ccccc2)cc1. The van der Waals surface area contributed by atoms with Crippen LogP contribution >= 0.6 is 0 Å². The molecule has 0 aliphatic heterocycles. The number of carbonyl (C=O) groups excluding carboxylic acids is 2. The summed E-state index contributed by atoms with van der Waals surface area (Å²) in [4.78, 5) is 24.7. The molecule has 2 amide bonds. The number of rotatable bonds is 6. The molecule has 0 spiro atoms. The van der Waals surface area contributed by atoms with Gasteiger partial charge in [-0.2, -0.15) is 0 Å². The van der Waals surface area contributed by atoms with E-state index in [-0.39, 0.29) is 0 Å². The fourth-order valence-corrected chi connectivity index (χ4v) is 2.51. The second-order valence-corrected chi connectivity index (χ2v) is 5.91. The molecule has 0 bridgehead atoms. The van der Waals surface area contributed by atoms with Gasteiger partial charge < -0.3 is 9.47 Å². The zero-order valence-corrected chi connectivity index (χ0v) is 15.3. The zero-order chi connectivity index (χ0) is 19.8. The van der Waals surface area contributed by atoms with Crippen LogP contribution < -0.4 is 20.3 Å². The number of methoxy groups -OCH3 is 1. The minimum atomic E-state index is -0.467. The molecule has 0 unspecified atom stereocenters. The molecule has 6 heteroatoms. The Morgan fingerprint density at radius 1 is 0.786 bits per heavy atom. The molecular formula is C22H20N2O4. The Hall–Kier alpha value is -3.80. The highest BCUT2D eigenvalue weighted by molar-refractivity contribution is 6.00. The molecule has 0 radical (unpaired) electrons. The maximum atomic E-state index is 12.5. The van der Waals surface area contributed by atoms with Crippen LogP contribution in [-0.2, 0) is 6.61 Å². The van der Waals surface area contributed by atoms with Crippen LogP contribution in [0.2, 0.25) is 0 Å². The number of carbonyl (C=O) groups is 2. The lowest BCUT2D eigenvalue weighted by molar-refractivity contribution is 0.0844. The monoisotopic (exact) mass is 376 g/mol. The van der Waals surface area contributed by atoms with Gasteiger partial charge in [-0.15, -0.1) is 0 Å². The van der Waals surface area contributed by atoms with Gasteiger partial charge in [0.1, 0.15) is 18.1 Å². The van der Waals surface area contributed by atoms with Crippen LogP contribution in [0, 0.1) is 0 Å². The Labute approximate surface area is 163 Å². The van der Waals surface area contributed by atoms with Crippen molar-refractivity contribution in [1.29, 1.82) is 0 Å². The third kappa shape index (κ3) is 4.88. The van der Waals surface area contributed by atoms with E-state index in [2.05, 4.69) is 10.9 Å². The summed E-state index contributed by atoms with van der Waals surface area (Å²) in [7, 11) is 1.55. The van der Waals surface area contributed by atoms with Gasteiger partial charge in [0.25, 0.3) is 11.8 Å². The van der Waals surface area contributed by atoms with Crippen molar-refractivity contribution in [3.8, 4) is 11.5 Å². The predicted octanol–water partition coefficient (Wildman–Crippen LogP) is 3.35. The molecule has 3 aromatic rings. The first kappa shape index (κ1) is 19.0. The van der Waals surface area contributed by atoms with Gasteiger partial charge in [-0.25, -0.2) is 0 Å². The van der Waals surface area contributed by atoms with E-state index in [4.69, 9.17) is 9.47 Å². The maximum absolute atomic E-state index is 12.5. The van der Waals surface area contributed by atoms with Crippen molar-refractivity contribution in [2.45, 2.75) is 6.61 Å². The Balaban J connectivity index is 1.61. The van der Waals surface area contributed by atoms with E-state index in [9.17, 15) is 9.59 Å². The third-order valence-electron chi connectivity index (χ3n) is 4.01. The van der Waals surface area contributed by atoms with Gasteiger partial charge in [0.15, 0.2) is 0 Å². The Kier molecular flexibility index (Phi) is 6.25. The van der Waals surface area contributed by atoms with E-state index in [1.54, 1.807) is 55.6 Å². The van der Waals surface area contributed by atoms with E-state index in [0.29, 0.717) is 29.2 Å². The summed E-state index contributed by atoms with van der Waals surface area (Å²) in [6, 6.07) is 23.1. The van der Waals surface area contributed by atoms with Gasteiger partial charge in [0, 0.05) is 5.56 Å². The van der Waals surface area contributed by atoms with Crippen molar-refractivity contribution < 1.29 is 19.1 Å². The van der Waals surface area contributed by atoms with Crippen molar-refractivity contribution in [1.82, 2.24) is 10.9 Å². The molecule has 0 aliphatic carbocycles. The van der Waals surface area contributed by atoms with Crippen LogP contribution in [0.25, 0.3) is 0 Å². The van der Waals surface area contributed by atoms with Gasteiger partial charge in [-0.05, 0) is 42.0 Å². The van der Waals surface area contributed by atoms with Crippen LogP contribution in [0.3, 0.4) is 0 Å². The largest absolute Gasteiger partial charge is 0.497 e. The molecular weight excluding hydrogens is 356 g/mol. The number of hydrazine groups is 1. The van der Waals surface area contributed by atoms with E-state index in [0.717, 1.165) is 5.56 Å². The molecule has 0 atom stereocenters. The minimum absolute atomic E-state index is 0.327. The number of hydrogen-bond donors (Lipinski definition) is 2. The van der Waals surface area contributed by atoms with Crippen molar-refractivity contribution in [3.63, 3.8) is 0 Å². The highest BCUT2D eigenvalue weighted by Crippen LogP contribution is 2.19. The first-order valence-corrected chi connectivity index (χ1v) is 8.68. The van der Waals surface area contributed by atoms with Crippen molar-refractivity contribution in [2.24, 2.45) is 0 Å². The molecule has 3 aromatic carbocycles. The molecule has 0 saturated carbocycles. The second kappa shape index (κ2) is 9.23. The van der Waals surface area contributed by atoms with E-state index < -0.39 is 11.8 Å². The molecule has 142 valence electrons. The van der Waals surface area contributed by atoms with Gasteiger partial charge in [0.05, 0.1) is 12.7 Å². The number of benzene rings is 3. The van der Waals surface area contributed by atoms with Crippen LogP contribution in [0.5, 0.6) is 11.5 Å². The zero-order valence-electron chi connectivity index (χ0n) is 15.3. The highest BCUT2D eigenvalue weighted by atomic mass is 16.5. The summed E-state index contributed by atoms with van der Waals surface area (Å²) >= 11 is 0. The lowest BCUT2D eigenvalue weighted by Crippen LogP contribution is -2.41. The summed E-state index contributed by atoms with van der Waals surface area (Å²) in [5.41, 5.74) is 6.53. The van der Waals surface area contributed by atoms with E-state index >= 15 is 0 Å². The van der Waals surface area contributed by atoms with Gasteiger partial charge in [-0.3, -0.25) is 20.4 Å². The molecule has 2 N–H and O–H groups in total. The quantitative estimate of drug-likeness (QED) is 0.647. The maximum Gasteiger partial charge on any atom is 0.273 e. The van der Waals surface area contributed by atoms with Crippen molar-refractivity contribution >= 4 is 11.8 Å².